The van der Waals surface area contributed by atoms with E-state index in [0.29, 0.717) is 18.7 Å². The Kier molecular flexibility index (Phi) is 4.56. The fourth-order valence-electron chi connectivity index (χ4n) is 1.19. The van der Waals surface area contributed by atoms with Crippen LogP contribution in [0.5, 0.6) is 0 Å². The van der Waals surface area contributed by atoms with Gasteiger partial charge in [0.2, 0.25) is 0 Å². The van der Waals surface area contributed by atoms with Crippen molar-refractivity contribution < 1.29 is 9.13 Å². The third kappa shape index (κ3) is 3.44. The summed E-state index contributed by atoms with van der Waals surface area (Å²) in [6.45, 7) is 3.82. The number of ether oxygens (including phenoxy) is 1. The lowest BCUT2D eigenvalue weighted by Gasteiger charge is -2.05. The van der Waals surface area contributed by atoms with Crippen molar-refractivity contribution in [1.29, 1.82) is 0 Å². The van der Waals surface area contributed by atoms with Gasteiger partial charge in [-0.25, -0.2) is 4.39 Å². The molecule has 0 aliphatic heterocycles. The second kappa shape index (κ2) is 5.73. The number of aryl methyl sites for hydroxylation is 1. The summed E-state index contributed by atoms with van der Waals surface area (Å²) in [5, 5.41) is 3.10. The molecule has 0 bridgehead atoms. The molecule has 3 heteroatoms. The standard InChI is InChI=1S/C11H16FNO/c1-9-3-4-10(11(12)7-9)8-13-5-6-14-2/h3-4,7,13H,5-6,8H2,1-2H3. The van der Waals surface area contributed by atoms with Crippen LogP contribution in [-0.4, -0.2) is 20.3 Å². The number of methoxy groups -OCH3 is 1. The van der Waals surface area contributed by atoms with Crippen LogP contribution in [0.4, 0.5) is 4.39 Å². The predicted molar refractivity (Wildman–Crippen MR) is 54.7 cm³/mol. The number of nitrogens with one attached hydrogen (secondary N) is 1. The van der Waals surface area contributed by atoms with Gasteiger partial charge in [0.05, 0.1) is 6.61 Å². The largest absolute Gasteiger partial charge is 0.383 e. The van der Waals surface area contributed by atoms with Crippen LogP contribution in [0.1, 0.15) is 11.1 Å². The first-order chi connectivity index (χ1) is 6.74. The maximum atomic E-state index is 13.3. The lowest BCUT2D eigenvalue weighted by molar-refractivity contribution is 0.199. The molecule has 1 rings (SSSR count). The molecule has 0 amide bonds. The van der Waals surface area contributed by atoms with Gasteiger partial charge >= 0.3 is 0 Å². The molecule has 78 valence electrons. The molecule has 14 heavy (non-hydrogen) atoms. The van der Waals surface area contributed by atoms with E-state index in [2.05, 4.69) is 5.32 Å². The Labute approximate surface area is 84.1 Å². The molecular formula is C11H16FNO. The molecule has 2 nitrogen and oxygen atoms in total. The van der Waals surface area contributed by atoms with E-state index in [1.165, 1.54) is 0 Å². The molecule has 0 spiro atoms. The summed E-state index contributed by atoms with van der Waals surface area (Å²) in [6.07, 6.45) is 0. The SMILES string of the molecule is COCCNCc1ccc(C)cc1F. The third-order valence-corrected chi connectivity index (χ3v) is 2.01. The highest BCUT2D eigenvalue weighted by molar-refractivity contribution is 5.23. The maximum Gasteiger partial charge on any atom is 0.127 e. The molecule has 0 aliphatic carbocycles. The van der Waals surface area contributed by atoms with Crippen molar-refractivity contribution in [3.8, 4) is 0 Å². The van der Waals surface area contributed by atoms with Gasteiger partial charge in [-0.15, -0.1) is 0 Å². The van der Waals surface area contributed by atoms with Gasteiger partial charge in [-0.1, -0.05) is 12.1 Å². The van der Waals surface area contributed by atoms with Crippen LogP contribution in [0.15, 0.2) is 18.2 Å². The van der Waals surface area contributed by atoms with Crippen LogP contribution in [0.25, 0.3) is 0 Å². The number of hydrogen-bond donors (Lipinski definition) is 1. The Bertz CT molecular complexity index is 289. The zero-order chi connectivity index (χ0) is 10.4. The monoisotopic (exact) mass is 197 g/mol. The molecule has 0 aromatic heterocycles. The van der Waals surface area contributed by atoms with Crippen LogP contribution < -0.4 is 5.32 Å². The summed E-state index contributed by atoms with van der Waals surface area (Å²) in [7, 11) is 1.65. The topological polar surface area (TPSA) is 21.3 Å². The Morgan fingerprint density at radius 1 is 1.43 bits per heavy atom. The zero-order valence-electron chi connectivity index (χ0n) is 8.64. The van der Waals surface area contributed by atoms with Gasteiger partial charge in [0, 0.05) is 25.8 Å². The number of hydrogen-bond acceptors (Lipinski definition) is 2. The molecular weight excluding hydrogens is 181 g/mol. The first-order valence-electron chi connectivity index (χ1n) is 4.68. The van der Waals surface area contributed by atoms with E-state index < -0.39 is 0 Å². The van der Waals surface area contributed by atoms with E-state index in [9.17, 15) is 4.39 Å². The molecule has 0 atom stereocenters. The number of benzene rings is 1. The van der Waals surface area contributed by atoms with Crippen molar-refractivity contribution in [3.63, 3.8) is 0 Å². The Hall–Kier alpha value is -0.930. The first-order valence-corrected chi connectivity index (χ1v) is 4.68. The molecule has 1 aromatic carbocycles. The quantitative estimate of drug-likeness (QED) is 0.728. The van der Waals surface area contributed by atoms with Gasteiger partial charge in [0.15, 0.2) is 0 Å². The summed E-state index contributed by atoms with van der Waals surface area (Å²) >= 11 is 0. The van der Waals surface area contributed by atoms with Gasteiger partial charge in [-0.2, -0.15) is 0 Å². The van der Waals surface area contributed by atoms with E-state index in [1.807, 2.05) is 19.1 Å². The van der Waals surface area contributed by atoms with E-state index in [1.54, 1.807) is 13.2 Å². The highest BCUT2D eigenvalue weighted by atomic mass is 19.1. The highest BCUT2D eigenvalue weighted by Gasteiger charge is 2.00. The minimum absolute atomic E-state index is 0.144. The molecule has 0 radical (unpaired) electrons. The van der Waals surface area contributed by atoms with Crippen LogP contribution >= 0.6 is 0 Å². The van der Waals surface area contributed by atoms with E-state index >= 15 is 0 Å². The van der Waals surface area contributed by atoms with Crippen molar-refractivity contribution in [2.24, 2.45) is 0 Å². The molecule has 0 aliphatic rings. The van der Waals surface area contributed by atoms with Crippen LogP contribution in [0.2, 0.25) is 0 Å². The number of halogens is 1. The maximum absolute atomic E-state index is 13.3. The summed E-state index contributed by atoms with van der Waals surface area (Å²) in [4.78, 5) is 0. The number of rotatable bonds is 5. The van der Waals surface area contributed by atoms with Gasteiger partial charge in [-0.05, 0) is 18.6 Å². The molecule has 1 aromatic rings. The minimum Gasteiger partial charge on any atom is -0.383 e. The summed E-state index contributed by atoms with van der Waals surface area (Å²) in [5.74, 6) is -0.144. The Balaban J connectivity index is 2.42. The van der Waals surface area contributed by atoms with E-state index in [4.69, 9.17) is 4.74 Å². The zero-order valence-corrected chi connectivity index (χ0v) is 8.64. The highest BCUT2D eigenvalue weighted by Crippen LogP contribution is 2.09. The van der Waals surface area contributed by atoms with Crippen LogP contribution in [0, 0.1) is 12.7 Å². The van der Waals surface area contributed by atoms with E-state index in [0.717, 1.165) is 12.1 Å². The fraction of sp³-hybridized carbons (Fsp3) is 0.455. The lowest BCUT2D eigenvalue weighted by atomic mass is 10.1. The first kappa shape index (κ1) is 11.1. The third-order valence-electron chi connectivity index (χ3n) is 2.01. The van der Waals surface area contributed by atoms with Gasteiger partial charge in [-0.3, -0.25) is 0 Å². The minimum atomic E-state index is -0.144. The van der Waals surface area contributed by atoms with E-state index in [-0.39, 0.29) is 5.82 Å². The average Bonchev–Trinajstić information content (AvgIpc) is 2.15. The average molecular weight is 197 g/mol. The van der Waals surface area contributed by atoms with Crippen LogP contribution in [0.3, 0.4) is 0 Å². The molecule has 0 saturated carbocycles. The van der Waals surface area contributed by atoms with Crippen molar-refractivity contribution >= 4 is 0 Å². The van der Waals surface area contributed by atoms with Crippen molar-refractivity contribution in [2.45, 2.75) is 13.5 Å². The van der Waals surface area contributed by atoms with Crippen molar-refractivity contribution in [2.75, 3.05) is 20.3 Å². The molecule has 0 saturated heterocycles. The van der Waals surface area contributed by atoms with Crippen LogP contribution in [-0.2, 0) is 11.3 Å². The molecule has 1 N–H and O–H groups in total. The summed E-state index contributed by atoms with van der Waals surface area (Å²) in [5.41, 5.74) is 1.65. The predicted octanol–water partition coefficient (Wildman–Crippen LogP) is 1.87. The second-order valence-electron chi connectivity index (χ2n) is 3.26. The second-order valence-corrected chi connectivity index (χ2v) is 3.26. The summed E-state index contributed by atoms with van der Waals surface area (Å²) in [6, 6.07) is 5.27. The van der Waals surface area contributed by atoms with Gasteiger partial charge in [0.25, 0.3) is 0 Å². The summed E-state index contributed by atoms with van der Waals surface area (Å²) < 4.78 is 18.2. The fourth-order valence-corrected chi connectivity index (χ4v) is 1.19. The smallest absolute Gasteiger partial charge is 0.127 e. The van der Waals surface area contributed by atoms with Gasteiger partial charge in [0.1, 0.15) is 5.82 Å². The molecule has 0 fully saturated rings. The van der Waals surface area contributed by atoms with Crippen molar-refractivity contribution in [1.82, 2.24) is 5.32 Å². The normalized spacial score (nSPS) is 10.5. The molecule has 0 heterocycles. The molecule has 0 unspecified atom stereocenters. The Morgan fingerprint density at radius 2 is 2.21 bits per heavy atom. The lowest BCUT2D eigenvalue weighted by Crippen LogP contribution is -2.19. The van der Waals surface area contributed by atoms with Crippen molar-refractivity contribution in [3.05, 3.63) is 35.1 Å². The van der Waals surface area contributed by atoms with Gasteiger partial charge < -0.3 is 10.1 Å². The Morgan fingerprint density at radius 3 is 2.86 bits per heavy atom.